The zero-order valence-electron chi connectivity index (χ0n) is 13.6. The first-order chi connectivity index (χ1) is 11.2. The van der Waals surface area contributed by atoms with Gasteiger partial charge in [0.25, 0.3) is 0 Å². The first-order valence-electron chi connectivity index (χ1n) is 8.77. The molecule has 0 radical (unpaired) electrons. The lowest BCUT2D eigenvalue weighted by atomic mass is 9.71. The fraction of sp³-hybridized carbons (Fsp3) is 0.526. The molecule has 0 spiro atoms. The molecule has 1 aliphatic heterocycles. The van der Waals surface area contributed by atoms with E-state index in [0.717, 1.165) is 38.2 Å². The highest BCUT2D eigenvalue weighted by molar-refractivity contribution is 5.30. The minimum atomic E-state index is -0.386. The highest BCUT2D eigenvalue weighted by Crippen LogP contribution is 2.40. The normalized spacial score (nSPS) is 28.5. The van der Waals surface area contributed by atoms with Crippen molar-refractivity contribution in [3.63, 3.8) is 0 Å². The van der Waals surface area contributed by atoms with Crippen molar-refractivity contribution in [3.8, 4) is 5.69 Å². The molecule has 1 saturated carbocycles. The summed E-state index contributed by atoms with van der Waals surface area (Å²) in [4.78, 5) is 2.48. The molecule has 1 aromatic heterocycles. The van der Waals surface area contributed by atoms with Crippen LogP contribution in [0.3, 0.4) is 0 Å². The van der Waals surface area contributed by atoms with Crippen LogP contribution in [0, 0.1) is 5.92 Å². The standard InChI is InChI=1S/C19H25N3O/c23-19-9-5-4-6-17(19)15-21(11-10-19)13-16-12-20-22(14-16)18-7-2-1-3-8-18/h1-3,7-8,12,14,17,23H,4-6,9-11,13,15H2. The van der Waals surface area contributed by atoms with Crippen LogP contribution in [0.25, 0.3) is 5.69 Å². The number of hydrogen-bond acceptors (Lipinski definition) is 3. The van der Waals surface area contributed by atoms with Crippen LogP contribution < -0.4 is 0 Å². The van der Waals surface area contributed by atoms with E-state index in [1.54, 1.807) is 0 Å². The van der Waals surface area contributed by atoms with Crippen molar-refractivity contribution in [2.75, 3.05) is 13.1 Å². The number of likely N-dealkylation sites (tertiary alicyclic amines) is 1. The Labute approximate surface area is 137 Å². The number of para-hydroxylation sites is 1. The summed E-state index contributed by atoms with van der Waals surface area (Å²) >= 11 is 0. The van der Waals surface area contributed by atoms with Crippen molar-refractivity contribution >= 4 is 0 Å². The second-order valence-corrected chi connectivity index (χ2v) is 7.16. The Hall–Kier alpha value is -1.65. The van der Waals surface area contributed by atoms with E-state index in [4.69, 9.17) is 0 Å². The van der Waals surface area contributed by atoms with Gasteiger partial charge in [0.2, 0.25) is 0 Å². The number of nitrogens with zero attached hydrogens (tertiary/aromatic N) is 3. The van der Waals surface area contributed by atoms with Gasteiger partial charge in [0, 0.05) is 37.3 Å². The van der Waals surface area contributed by atoms with Gasteiger partial charge in [0.15, 0.2) is 0 Å². The number of benzene rings is 1. The molecule has 122 valence electrons. The van der Waals surface area contributed by atoms with Gasteiger partial charge in [-0.15, -0.1) is 0 Å². The van der Waals surface area contributed by atoms with Crippen molar-refractivity contribution in [2.24, 2.45) is 5.92 Å². The maximum atomic E-state index is 10.8. The Morgan fingerprint density at radius 1 is 1.17 bits per heavy atom. The molecule has 2 aromatic rings. The fourth-order valence-electron chi connectivity index (χ4n) is 4.21. The van der Waals surface area contributed by atoms with Gasteiger partial charge in [-0.25, -0.2) is 4.68 Å². The smallest absolute Gasteiger partial charge is 0.0700 e. The monoisotopic (exact) mass is 311 g/mol. The third-order valence-corrected chi connectivity index (χ3v) is 5.57. The molecule has 2 heterocycles. The van der Waals surface area contributed by atoms with Gasteiger partial charge < -0.3 is 5.11 Å². The Balaban J connectivity index is 1.42. The molecule has 2 atom stereocenters. The third-order valence-electron chi connectivity index (χ3n) is 5.57. The van der Waals surface area contributed by atoms with Gasteiger partial charge in [0.05, 0.1) is 17.5 Å². The molecule has 1 N–H and O–H groups in total. The van der Waals surface area contributed by atoms with Gasteiger partial charge in [-0.05, 0) is 31.4 Å². The maximum Gasteiger partial charge on any atom is 0.0700 e. The predicted octanol–water partition coefficient (Wildman–Crippen LogP) is 3.00. The maximum absolute atomic E-state index is 10.8. The molecular formula is C19H25N3O. The van der Waals surface area contributed by atoms with Crippen molar-refractivity contribution < 1.29 is 5.11 Å². The second kappa shape index (κ2) is 6.10. The van der Waals surface area contributed by atoms with Crippen LogP contribution >= 0.6 is 0 Å². The second-order valence-electron chi connectivity index (χ2n) is 7.16. The van der Waals surface area contributed by atoms with Gasteiger partial charge in [-0.1, -0.05) is 31.0 Å². The minimum Gasteiger partial charge on any atom is -0.390 e. The van der Waals surface area contributed by atoms with Crippen LogP contribution in [0.4, 0.5) is 0 Å². The molecule has 1 aliphatic carbocycles. The molecular weight excluding hydrogens is 286 g/mol. The number of aliphatic hydroxyl groups is 1. The zero-order valence-corrected chi connectivity index (χ0v) is 13.6. The molecule has 1 aromatic carbocycles. The molecule has 2 aliphatic rings. The van der Waals surface area contributed by atoms with E-state index >= 15 is 0 Å². The summed E-state index contributed by atoms with van der Waals surface area (Å²) in [5, 5.41) is 15.3. The lowest BCUT2D eigenvalue weighted by molar-refractivity contribution is -0.0967. The quantitative estimate of drug-likeness (QED) is 0.947. The fourth-order valence-corrected chi connectivity index (χ4v) is 4.21. The van der Waals surface area contributed by atoms with Gasteiger partial charge in [0.1, 0.15) is 0 Å². The van der Waals surface area contributed by atoms with Crippen LogP contribution in [0.2, 0.25) is 0 Å². The molecule has 0 amide bonds. The van der Waals surface area contributed by atoms with Crippen LogP contribution in [0.15, 0.2) is 42.7 Å². The summed E-state index contributed by atoms with van der Waals surface area (Å²) in [6.45, 7) is 2.94. The molecule has 4 rings (SSSR count). The van der Waals surface area contributed by atoms with E-state index in [-0.39, 0.29) is 5.60 Å². The summed E-state index contributed by atoms with van der Waals surface area (Å²) in [6, 6.07) is 10.2. The Kier molecular flexibility index (Phi) is 3.95. The summed E-state index contributed by atoms with van der Waals surface area (Å²) in [7, 11) is 0. The van der Waals surface area contributed by atoms with E-state index in [9.17, 15) is 5.11 Å². The minimum absolute atomic E-state index is 0.386. The lowest BCUT2D eigenvalue weighted by Crippen LogP contribution is -2.52. The summed E-state index contributed by atoms with van der Waals surface area (Å²) in [5.41, 5.74) is 1.96. The third kappa shape index (κ3) is 3.06. The number of fused-ring (bicyclic) bond motifs is 1. The van der Waals surface area contributed by atoms with E-state index in [2.05, 4.69) is 28.3 Å². The number of piperidine rings is 1. The van der Waals surface area contributed by atoms with E-state index < -0.39 is 0 Å². The molecule has 4 heteroatoms. The van der Waals surface area contributed by atoms with Crippen LogP contribution in [-0.2, 0) is 6.54 Å². The summed E-state index contributed by atoms with van der Waals surface area (Å²) in [5.74, 6) is 0.453. The van der Waals surface area contributed by atoms with Crippen molar-refractivity contribution in [3.05, 3.63) is 48.3 Å². The molecule has 0 bridgehead atoms. The SMILES string of the molecule is OC12CCCCC1CN(Cc1cnn(-c3ccccc3)c1)CC2. The number of rotatable bonds is 3. The largest absolute Gasteiger partial charge is 0.390 e. The molecule has 2 unspecified atom stereocenters. The van der Waals surface area contributed by atoms with Crippen LogP contribution in [-0.4, -0.2) is 38.5 Å². The Morgan fingerprint density at radius 2 is 2.04 bits per heavy atom. The highest BCUT2D eigenvalue weighted by Gasteiger charge is 2.42. The highest BCUT2D eigenvalue weighted by atomic mass is 16.3. The van der Waals surface area contributed by atoms with Crippen LogP contribution in [0.1, 0.15) is 37.7 Å². The first-order valence-corrected chi connectivity index (χ1v) is 8.77. The number of hydrogen-bond donors (Lipinski definition) is 1. The average Bonchev–Trinajstić information content (AvgIpc) is 3.04. The predicted molar refractivity (Wildman–Crippen MR) is 90.4 cm³/mol. The zero-order chi connectivity index (χ0) is 15.7. The molecule has 2 fully saturated rings. The lowest BCUT2D eigenvalue weighted by Gasteiger charge is -2.47. The average molecular weight is 311 g/mol. The van der Waals surface area contributed by atoms with E-state index in [1.807, 2.05) is 29.1 Å². The van der Waals surface area contributed by atoms with Crippen molar-refractivity contribution in [1.82, 2.24) is 14.7 Å². The molecule has 23 heavy (non-hydrogen) atoms. The Morgan fingerprint density at radius 3 is 2.91 bits per heavy atom. The molecule has 4 nitrogen and oxygen atoms in total. The topological polar surface area (TPSA) is 41.3 Å². The van der Waals surface area contributed by atoms with Crippen LogP contribution in [0.5, 0.6) is 0 Å². The molecule has 1 saturated heterocycles. The first kappa shape index (κ1) is 14.9. The summed E-state index contributed by atoms with van der Waals surface area (Å²) in [6.07, 6.45) is 9.65. The van der Waals surface area contributed by atoms with Gasteiger partial charge >= 0.3 is 0 Å². The summed E-state index contributed by atoms with van der Waals surface area (Å²) < 4.78 is 1.94. The van der Waals surface area contributed by atoms with E-state index in [0.29, 0.717) is 5.92 Å². The Bertz CT molecular complexity index is 654. The van der Waals surface area contributed by atoms with Gasteiger partial charge in [-0.2, -0.15) is 5.10 Å². The van der Waals surface area contributed by atoms with Crippen molar-refractivity contribution in [1.29, 1.82) is 0 Å². The number of aromatic nitrogens is 2. The van der Waals surface area contributed by atoms with Gasteiger partial charge in [-0.3, -0.25) is 4.90 Å². The van der Waals surface area contributed by atoms with Crippen molar-refractivity contribution in [2.45, 2.75) is 44.2 Å². The van der Waals surface area contributed by atoms with E-state index in [1.165, 1.54) is 24.8 Å².